The van der Waals surface area contributed by atoms with Crippen molar-refractivity contribution in [3.63, 3.8) is 0 Å². The van der Waals surface area contributed by atoms with Crippen LogP contribution in [0.2, 0.25) is 0 Å². The summed E-state index contributed by atoms with van der Waals surface area (Å²) >= 11 is 0. The highest BCUT2D eigenvalue weighted by Crippen LogP contribution is 2.41. The van der Waals surface area contributed by atoms with Crippen molar-refractivity contribution in [2.45, 2.75) is 51.5 Å². The maximum atomic E-state index is 13.2. The molecule has 2 saturated heterocycles. The monoisotopic (exact) mass is 358 g/mol. The van der Waals surface area contributed by atoms with Crippen LogP contribution in [0, 0.1) is 17.2 Å². The summed E-state index contributed by atoms with van der Waals surface area (Å²) < 4.78 is 13.1. The first-order valence-electron chi connectivity index (χ1n) is 9.90. The Kier molecular flexibility index (Phi) is 4.72. The maximum Gasteiger partial charge on any atom is 0.230 e. The van der Waals surface area contributed by atoms with Crippen LogP contribution in [0.4, 0.5) is 4.39 Å². The summed E-state index contributed by atoms with van der Waals surface area (Å²) in [5, 5.41) is 0. The summed E-state index contributed by atoms with van der Waals surface area (Å²) in [7, 11) is 0. The van der Waals surface area contributed by atoms with Crippen LogP contribution in [0.25, 0.3) is 0 Å². The fourth-order valence-electron chi connectivity index (χ4n) is 4.98. The third-order valence-electron chi connectivity index (χ3n) is 6.48. The zero-order valence-electron chi connectivity index (χ0n) is 15.3. The molecule has 1 aromatic carbocycles. The Morgan fingerprint density at radius 1 is 1.08 bits per heavy atom. The van der Waals surface area contributed by atoms with Gasteiger partial charge in [-0.2, -0.15) is 0 Å². The number of likely N-dealkylation sites (tertiary alicyclic amines) is 2. The first-order valence-corrected chi connectivity index (χ1v) is 9.90. The largest absolute Gasteiger partial charge is 0.341 e. The summed E-state index contributed by atoms with van der Waals surface area (Å²) in [6.07, 6.45) is 6.95. The normalized spacial score (nSPS) is 26.9. The standard InChI is InChI=1S/C21H27FN2O2/c22-18-8-6-16(7-9-18)14-23-12-3-10-21(20(23)26)11-13-24(15-21)19(25)17-4-1-2-5-17/h6-9,17H,1-5,10-15H2/t21-/m0/s1. The van der Waals surface area contributed by atoms with Gasteiger partial charge in [-0.1, -0.05) is 25.0 Å². The van der Waals surface area contributed by atoms with E-state index in [9.17, 15) is 14.0 Å². The molecule has 1 saturated carbocycles. The van der Waals surface area contributed by atoms with E-state index >= 15 is 0 Å². The van der Waals surface area contributed by atoms with Gasteiger partial charge in [0.05, 0.1) is 5.41 Å². The Bertz CT molecular complexity index is 684. The van der Waals surface area contributed by atoms with Crippen LogP contribution in [0.15, 0.2) is 24.3 Å². The van der Waals surface area contributed by atoms with Gasteiger partial charge in [0.1, 0.15) is 5.82 Å². The fourth-order valence-corrected chi connectivity index (χ4v) is 4.98. The predicted molar refractivity (Wildman–Crippen MR) is 96.6 cm³/mol. The number of hydrogen-bond donors (Lipinski definition) is 0. The zero-order valence-corrected chi connectivity index (χ0v) is 15.3. The van der Waals surface area contributed by atoms with Crippen molar-refractivity contribution in [1.29, 1.82) is 0 Å². The van der Waals surface area contributed by atoms with Gasteiger partial charge in [-0.15, -0.1) is 0 Å². The van der Waals surface area contributed by atoms with Crippen molar-refractivity contribution in [2.24, 2.45) is 11.3 Å². The van der Waals surface area contributed by atoms with Gasteiger partial charge in [0, 0.05) is 32.1 Å². The van der Waals surface area contributed by atoms with Gasteiger partial charge >= 0.3 is 0 Å². The van der Waals surface area contributed by atoms with E-state index in [0.29, 0.717) is 19.6 Å². The van der Waals surface area contributed by atoms with Crippen molar-refractivity contribution >= 4 is 11.8 Å². The molecule has 0 aromatic heterocycles. The number of halogens is 1. The van der Waals surface area contributed by atoms with E-state index in [1.165, 1.54) is 12.1 Å². The third kappa shape index (κ3) is 3.24. The number of carbonyl (C=O) groups excluding carboxylic acids is 2. The second-order valence-electron chi connectivity index (χ2n) is 8.23. The molecule has 3 fully saturated rings. The molecule has 140 valence electrons. The van der Waals surface area contributed by atoms with Crippen LogP contribution in [-0.2, 0) is 16.1 Å². The summed E-state index contributed by atoms with van der Waals surface area (Å²) in [5.74, 6) is 0.365. The lowest BCUT2D eigenvalue weighted by atomic mass is 9.78. The molecule has 1 spiro atoms. The SMILES string of the molecule is O=C(C1CCCC1)N1CC[C@@]2(CCCN(Cc3ccc(F)cc3)C2=O)C1. The van der Waals surface area contributed by atoms with Crippen molar-refractivity contribution in [3.8, 4) is 0 Å². The zero-order chi connectivity index (χ0) is 18.1. The topological polar surface area (TPSA) is 40.6 Å². The molecule has 2 amide bonds. The van der Waals surface area contributed by atoms with Gasteiger partial charge in [-0.25, -0.2) is 4.39 Å². The number of carbonyl (C=O) groups is 2. The van der Waals surface area contributed by atoms with Crippen molar-refractivity contribution in [3.05, 3.63) is 35.6 Å². The van der Waals surface area contributed by atoms with Crippen molar-refractivity contribution in [1.82, 2.24) is 9.80 Å². The van der Waals surface area contributed by atoms with Crippen LogP contribution in [-0.4, -0.2) is 41.2 Å². The van der Waals surface area contributed by atoms with E-state index in [-0.39, 0.29) is 23.5 Å². The molecule has 1 aliphatic carbocycles. The second-order valence-corrected chi connectivity index (χ2v) is 8.23. The van der Waals surface area contributed by atoms with Gasteiger partial charge in [0.15, 0.2) is 0 Å². The molecule has 26 heavy (non-hydrogen) atoms. The Hall–Kier alpha value is -1.91. The minimum Gasteiger partial charge on any atom is -0.341 e. The minimum absolute atomic E-state index is 0.176. The van der Waals surface area contributed by atoms with Gasteiger partial charge in [0.2, 0.25) is 11.8 Å². The summed E-state index contributed by atoms with van der Waals surface area (Å²) in [6, 6.07) is 6.37. The average Bonchev–Trinajstić information content (AvgIpc) is 3.31. The lowest BCUT2D eigenvalue weighted by molar-refractivity contribution is -0.147. The fraction of sp³-hybridized carbons (Fsp3) is 0.619. The Labute approximate surface area is 154 Å². The van der Waals surface area contributed by atoms with Gasteiger partial charge in [-0.3, -0.25) is 9.59 Å². The highest BCUT2D eigenvalue weighted by Gasteiger charge is 2.49. The minimum atomic E-state index is -0.396. The molecule has 0 N–H and O–H groups in total. The summed E-state index contributed by atoms with van der Waals surface area (Å²) in [6.45, 7) is 2.57. The van der Waals surface area contributed by atoms with Gasteiger partial charge in [0.25, 0.3) is 0 Å². The molecule has 4 rings (SSSR count). The molecule has 2 aliphatic heterocycles. The number of amides is 2. The van der Waals surface area contributed by atoms with Crippen LogP contribution in [0.3, 0.4) is 0 Å². The molecule has 2 heterocycles. The molecule has 3 aliphatic rings. The second kappa shape index (κ2) is 7.01. The summed E-state index contributed by atoms with van der Waals surface area (Å²) in [5.41, 5.74) is 0.556. The van der Waals surface area contributed by atoms with Crippen LogP contribution < -0.4 is 0 Å². The summed E-state index contributed by atoms with van der Waals surface area (Å²) in [4.78, 5) is 29.8. The lowest BCUT2D eigenvalue weighted by Gasteiger charge is -2.39. The molecule has 4 nitrogen and oxygen atoms in total. The molecule has 0 bridgehead atoms. The number of hydrogen-bond acceptors (Lipinski definition) is 2. The Morgan fingerprint density at radius 2 is 1.81 bits per heavy atom. The van der Waals surface area contributed by atoms with E-state index < -0.39 is 5.41 Å². The number of piperidine rings is 1. The molecular weight excluding hydrogens is 331 g/mol. The predicted octanol–water partition coefficient (Wildman–Crippen LogP) is 3.36. The van der Waals surface area contributed by atoms with Gasteiger partial charge < -0.3 is 9.80 Å². The molecule has 1 aromatic rings. The van der Waals surface area contributed by atoms with Crippen LogP contribution in [0.5, 0.6) is 0 Å². The highest BCUT2D eigenvalue weighted by molar-refractivity contribution is 5.86. The molecule has 1 atom stereocenters. The molecular formula is C21H27FN2O2. The van der Waals surface area contributed by atoms with E-state index in [0.717, 1.165) is 57.1 Å². The number of rotatable bonds is 3. The molecule has 5 heteroatoms. The van der Waals surface area contributed by atoms with Crippen molar-refractivity contribution < 1.29 is 14.0 Å². The smallest absolute Gasteiger partial charge is 0.230 e. The maximum absolute atomic E-state index is 13.2. The van der Waals surface area contributed by atoms with Crippen LogP contribution >= 0.6 is 0 Å². The van der Waals surface area contributed by atoms with E-state index in [4.69, 9.17) is 0 Å². The first kappa shape index (κ1) is 17.5. The van der Waals surface area contributed by atoms with Crippen molar-refractivity contribution in [2.75, 3.05) is 19.6 Å². The van der Waals surface area contributed by atoms with Crippen LogP contribution in [0.1, 0.15) is 50.5 Å². The van der Waals surface area contributed by atoms with E-state index in [1.54, 1.807) is 12.1 Å². The van der Waals surface area contributed by atoms with E-state index in [1.807, 2.05) is 9.80 Å². The Morgan fingerprint density at radius 3 is 2.54 bits per heavy atom. The lowest BCUT2D eigenvalue weighted by Crippen LogP contribution is -2.50. The first-order chi connectivity index (χ1) is 12.6. The average molecular weight is 358 g/mol. The van der Waals surface area contributed by atoms with Gasteiger partial charge in [-0.05, 0) is 49.8 Å². The molecule has 0 radical (unpaired) electrons. The third-order valence-corrected chi connectivity index (χ3v) is 6.48. The quantitative estimate of drug-likeness (QED) is 0.831. The number of benzene rings is 1. The number of nitrogens with zero attached hydrogens (tertiary/aromatic N) is 2. The Balaban J connectivity index is 1.44. The highest BCUT2D eigenvalue weighted by atomic mass is 19.1. The molecule has 0 unspecified atom stereocenters. The van der Waals surface area contributed by atoms with E-state index in [2.05, 4.69) is 0 Å².